The van der Waals surface area contributed by atoms with E-state index in [9.17, 15) is 0 Å². The van der Waals surface area contributed by atoms with E-state index in [-0.39, 0.29) is 5.92 Å². The molecular formula is C55H33N5S. The molecule has 0 saturated heterocycles. The Morgan fingerprint density at radius 3 is 1.59 bits per heavy atom. The van der Waals surface area contributed by atoms with Gasteiger partial charge in [-0.15, -0.1) is 11.3 Å². The van der Waals surface area contributed by atoms with Gasteiger partial charge in [0, 0.05) is 38.9 Å². The van der Waals surface area contributed by atoms with Crippen LogP contribution in [-0.2, 0) is 0 Å². The van der Waals surface area contributed by atoms with E-state index in [1.165, 1.54) is 64.2 Å². The van der Waals surface area contributed by atoms with Crippen molar-refractivity contribution >= 4 is 81.2 Å². The van der Waals surface area contributed by atoms with Crippen LogP contribution < -0.4 is 0 Å². The molecule has 6 heteroatoms. The van der Waals surface area contributed by atoms with Crippen LogP contribution in [0.2, 0.25) is 0 Å². The molecular weight excluding hydrogens is 763 g/mol. The Balaban J connectivity index is 1.01. The number of pyridine rings is 1. The molecule has 8 aromatic carbocycles. The van der Waals surface area contributed by atoms with Crippen LogP contribution in [0, 0.1) is 0 Å². The summed E-state index contributed by atoms with van der Waals surface area (Å²) < 4.78 is 9.55. The minimum absolute atomic E-state index is 0.0657. The Labute approximate surface area is 353 Å². The molecule has 0 N–H and O–H groups in total. The van der Waals surface area contributed by atoms with Crippen LogP contribution in [0.4, 0.5) is 0 Å². The fourth-order valence-corrected chi connectivity index (χ4v) is 11.8. The number of thiophene rings is 1. The highest BCUT2D eigenvalue weighted by atomic mass is 32.1. The largest absolute Gasteiger partial charge is 0.309 e. The third kappa shape index (κ3) is 4.44. The van der Waals surface area contributed by atoms with Gasteiger partial charge in [-0.25, -0.2) is 4.98 Å². The Kier molecular flexibility index (Phi) is 6.70. The molecule has 0 spiro atoms. The Morgan fingerprint density at radius 1 is 0.393 bits per heavy atom. The van der Waals surface area contributed by atoms with Crippen LogP contribution in [0.15, 0.2) is 194 Å². The average Bonchev–Trinajstić information content (AvgIpc) is 4.12. The maximum Gasteiger partial charge on any atom is 0.220 e. The maximum absolute atomic E-state index is 5.65. The van der Waals surface area contributed by atoms with Crippen LogP contribution >= 0.6 is 11.3 Å². The lowest BCUT2D eigenvalue weighted by Gasteiger charge is -2.17. The first-order valence-corrected chi connectivity index (χ1v) is 21.6. The SMILES string of the molecule is c1ccc2c(c1)-c1ccccc1C2c1nccc2c1sc1c2ccc2c1nc1n(-c3ccccc3-c3ccccc3-n3c4ccccc4c4ccccc43)c3ccccc3n21. The Morgan fingerprint density at radius 2 is 0.918 bits per heavy atom. The van der Waals surface area contributed by atoms with Crippen LogP contribution in [-0.4, -0.2) is 23.5 Å². The monoisotopic (exact) mass is 795 g/mol. The molecule has 0 aliphatic heterocycles. The molecule has 0 atom stereocenters. The number of para-hydroxylation sites is 6. The van der Waals surface area contributed by atoms with E-state index in [2.05, 4.69) is 202 Å². The van der Waals surface area contributed by atoms with Crippen molar-refractivity contribution < 1.29 is 0 Å². The molecule has 0 unspecified atom stereocenters. The van der Waals surface area contributed by atoms with Crippen LogP contribution in [0.25, 0.3) is 103 Å². The molecule has 14 rings (SSSR count). The highest BCUT2D eigenvalue weighted by Gasteiger charge is 2.32. The van der Waals surface area contributed by atoms with Crippen molar-refractivity contribution in [2.75, 3.05) is 0 Å². The van der Waals surface area contributed by atoms with Gasteiger partial charge in [-0.3, -0.25) is 14.0 Å². The molecule has 0 saturated carbocycles. The van der Waals surface area contributed by atoms with Gasteiger partial charge in [-0.2, -0.15) is 0 Å². The molecule has 0 radical (unpaired) electrons. The van der Waals surface area contributed by atoms with Gasteiger partial charge in [-0.05, 0) is 70.8 Å². The van der Waals surface area contributed by atoms with Crippen molar-refractivity contribution in [1.29, 1.82) is 0 Å². The van der Waals surface area contributed by atoms with E-state index in [0.717, 1.165) is 56.0 Å². The highest BCUT2D eigenvalue weighted by Crippen LogP contribution is 2.51. The van der Waals surface area contributed by atoms with Gasteiger partial charge >= 0.3 is 0 Å². The first-order valence-electron chi connectivity index (χ1n) is 20.8. The summed E-state index contributed by atoms with van der Waals surface area (Å²) in [5, 5.41) is 4.94. The number of aromatic nitrogens is 5. The molecule has 5 aromatic heterocycles. The lowest BCUT2D eigenvalue weighted by molar-refractivity contribution is 0.966. The first-order chi connectivity index (χ1) is 30.3. The topological polar surface area (TPSA) is 40.0 Å². The summed E-state index contributed by atoms with van der Waals surface area (Å²) in [5.41, 5.74) is 17.6. The number of benzene rings is 8. The smallest absolute Gasteiger partial charge is 0.220 e. The quantitative estimate of drug-likeness (QED) is 0.178. The standard InChI is InChI=1S/C55H33N5S/c1-3-21-39-33(15-1)34-16-2-4-22-40(34)50(39)52-54-42(31-32-56-52)41-29-30-49-51(53(41)61-54)57-55-59(47-27-13-14-28-48(47)60(49)55)46-26-12-8-20-38(46)37-19-7-11-25-45(37)58-43-23-9-5-17-35(43)36-18-6-10-24-44(36)58/h1-32,50H. The highest BCUT2D eigenvalue weighted by molar-refractivity contribution is 7.26. The van der Waals surface area contributed by atoms with Gasteiger partial charge in [0.05, 0.1) is 60.0 Å². The molecule has 5 nitrogen and oxygen atoms in total. The third-order valence-corrected chi connectivity index (χ3v) is 14.3. The fourth-order valence-electron chi connectivity index (χ4n) is 10.5. The lowest BCUT2D eigenvalue weighted by Crippen LogP contribution is -2.01. The maximum atomic E-state index is 5.65. The predicted octanol–water partition coefficient (Wildman–Crippen LogP) is 14.1. The summed E-state index contributed by atoms with van der Waals surface area (Å²) in [6.45, 7) is 0. The number of rotatable bonds is 4. The molecule has 284 valence electrons. The summed E-state index contributed by atoms with van der Waals surface area (Å²) in [4.78, 5) is 10.8. The van der Waals surface area contributed by atoms with Crippen molar-refractivity contribution in [2.24, 2.45) is 0 Å². The van der Waals surface area contributed by atoms with Crippen molar-refractivity contribution in [1.82, 2.24) is 23.5 Å². The van der Waals surface area contributed by atoms with Crippen LogP contribution in [0.5, 0.6) is 0 Å². The summed E-state index contributed by atoms with van der Waals surface area (Å²) in [5.74, 6) is 0.955. The van der Waals surface area contributed by atoms with Gasteiger partial charge in [-0.1, -0.05) is 140 Å². The zero-order chi connectivity index (χ0) is 39.8. The molecule has 1 aliphatic rings. The van der Waals surface area contributed by atoms with E-state index >= 15 is 0 Å². The van der Waals surface area contributed by atoms with Gasteiger partial charge in [0.15, 0.2) is 0 Å². The van der Waals surface area contributed by atoms with E-state index < -0.39 is 0 Å². The number of nitrogens with zero attached hydrogens (tertiary/aromatic N) is 5. The zero-order valence-corrected chi connectivity index (χ0v) is 33.5. The summed E-state index contributed by atoms with van der Waals surface area (Å²) in [7, 11) is 0. The van der Waals surface area contributed by atoms with Crippen molar-refractivity contribution in [3.63, 3.8) is 0 Å². The van der Waals surface area contributed by atoms with E-state index in [1.54, 1.807) is 0 Å². The molecule has 13 aromatic rings. The lowest BCUT2D eigenvalue weighted by atomic mass is 9.92. The van der Waals surface area contributed by atoms with E-state index in [4.69, 9.17) is 9.97 Å². The second-order valence-electron chi connectivity index (χ2n) is 16.1. The summed E-state index contributed by atoms with van der Waals surface area (Å²) >= 11 is 1.83. The number of hydrogen-bond donors (Lipinski definition) is 0. The van der Waals surface area contributed by atoms with Gasteiger partial charge in [0.2, 0.25) is 5.78 Å². The predicted molar refractivity (Wildman–Crippen MR) is 253 cm³/mol. The minimum atomic E-state index is 0.0657. The van der Waals surface area contributed by atoms with Gasteiger partial charge in [0.25, 0.3) is 0 Å². The molecule has 0 amide bonds. The summed E-state index contributed by atoms with van der Waals surface area (Å²) in [6.07, 6.45) is 2.00. The van der Waals surface area contributed by atoms with Crippen molar-refractivity contribution in [2.45, 2.75) is 5.92 Å². The molecule has 0 bridgehead atoms. The van der Waals surface area contributed by atoms with E-state index in [0.29, 0.717) is 0 Å². The first kappa shape index (κ1) is 33.1. The second kappa shape index (κ2) is 12.4. The van der Waals surface area contributed by atoms with Gasteiger partial charge in [0.1, 0.15) is 5.52 Å². The van der Waals surface area contributed by atoms with E-state index in [1.807, 2.05) is 17.5 Å². The fraction of sp³-hybridized carbons (Fsp3) is 0.0182. The van der Waals surface area contributed by atoms with Crippen molar-refractivity contribution in [3.8, 4) is 33.6 Å². The molecule has 61 heavy (non-hydrogen) atoms. The van der Waals surface area contributed by atoms with Crippen molar-refractivity contribution in [3.05, 3.63) is 211 Å². The molecule has 5 heterocycles. The Bertz CT molecular complexity index is 3870. The Hall–Kier alpha value is -7.80. The zero-order valence-electron chi connectivity index (χ0n) is 32.7. The average molecular weight is 796 g/mol. The third-order valence-electron chi connectivity index (χ3n) is 13.0. The summed E-state index contributed by atoms with van der Waals surface area (Å²) in [6, 6.07) is 68.2. The second-order valence-corrected chi connectivity index (χ2v) is 17.1. The van der Waals surface area contributed by atoms with Gasteiger partial charge < -0.3 is 4.57 Å². The normalized spacial score (nSPS) is 12.9. The minimum Gasteiger partial charge on any atom is -0.309 e. The van der Waals surface area contributed by atoms with Crippen LogP contribution in [0.1, 0.15) is 22.7 Å². The van der Waals surface area contributed by atoms with Crippen LogP contribution in [0.3, 0.4) is 0 Å². The molecule has 0 fully saturated rings. The number of hydrogen-bond acceptors (Lipinski definition) is 3. The molecule has 1 aliphatic carbocycles. The number of imidazole rings is 2. The number of fused-ring (bicyclic) bond motifs is 15.